The lowest BCUT2D eigenvalue weighted by molar-refractivity contribution is -0.0533. The summed E-state index contributed by atoms with van der Waals surface area (Å²) in [7, 11) is 0. The van der Waals surface area contributed by atoms with Gasteiger partial charge in [-0.15, -0.1) is 0 Å². The molecule has 7 heteroatoms. The summed E-state index contributed by atoms with van der Waals surface area (Å²) in [6.45, 7) is 7.61. The fraction of sp³-hybridized carbons (Fsp3) is 0.750. The first-order chi connectivity index (χ1) is 14.7. The summed E-state index contributed by atoms with van der Waals surface area (Å²) < 4.78 is 12.4. The maximum Gasteiger partial charge on any atom is 0.419 e. The molecular weight excluding hydrogens is 392 g/mol. The number of ether oxygens (including phenoxy) is 1. The molecule has 0 radical (unpaired) electrons. The van der Waals surface area contributed by atoms with Crippen molar-refractivity contribution in [2.75, 3.05) is 0 Å². The van der Waals surface area contributed by atoms with Gasteiger partial charge in [-0.3, -0.25) is 0 Å². The summed E-state index contributed by atoms with van der Waals surface area (Å²) in [5.41, 5.74) is 0.677. The standard InChI is InChI=1S/C24H34N4O3/c1-15(5-19-13-28(14-25-19)22(29)30-23(2,3)4)21-26-20(27-31-21)12-24-9-16-6-17(10-24)8-18(7-16)11-24/h13-18H,5-12H2,1-4H3/t15-,16?,17?,18?,24?/m0/s1. The Labute approximate surface area is 184 Å². The second-order valence-corrected chi connectivity index (χ2v) is 11.5. The molecule has 1 atom stereocenters. The molecule has 0 amide bonds. The van der Waals surface area contributed by atoms with E-state index in [-0.39, 0.29) is 5.92 Å². The van der Waals surface area contributed by atoms with E-state index in [1.807, 2.05) is 20.8 Å². The quantitative estimate of drug-likeness (QED) is 0.657. The summed E-state index contributed by atoms with van der Waals surface area (Å²) in [6.07, 6.45) is 12.8. The van der Waals surface area contributed by atoms with Crippen LogP contribution in [0.4, 0.5) is 4.79 Å². The highest BCUT2D eigenvalue weighted by Gasteiger charge is 2.51. The van der Waals surface area contributed by atoms with Crippen molar-refractivity contribution in [3.63, 3.8) is 0 Å². The number of imidazole rings is 1. The van der Waals surface area contributed by atoms with Gasteiger partial charge >= 0.3 is 6.09 Å². The first-order valence-electron chi connectivity index (χ1n) is 11.8. The molecule has 2 heterocycles. The molecule has 0 saturated heterocycles. The Hall–Kier alpha value is -2.18. The Morgan fingerprint density at radius 3 is 2.48 bits per heavy atom. The van der Waals surface area contributed by atoms with E-state index in [1.165, 1.54) is 49.4 Å². The average Bonchev–Trinajstić information content (AvgIpc) is 3.28. The Morgan fingerprint density at radius 1 is 1.23 bits per heavy atom. The maximum absolute atomic E-state index is 12.2. The van der Waals surface area contributed by atoms with Crippen LogP contribution in [0.3, 0.4) is 0 Å². The molecule has 2 aromatic heterocycles. The minimum Gasteiger partial charge on any atom is -0.443 e. The number of carbonyl (C=O) groups is 1. The van der Waals surface area contributed by atoms with E-state index in [9.17, 15) is 4.79 Å². The number of rotatable bonds is 5. The predicted molar refractivity (Wildman–Crippen MR) is 115 cm³/mol. The highest BCUT2D eigenvalue weighted by Crippen LogP contribution is 2.60. The molecule has 0 unspecified atom stereocenters. The highest BCUT2D eigenvalue weighted by molar-refractivity contribution is 5.70. The lowest BCUT2D eigenvalue weighted by Crippen LogP contribution is -2.47. The van der Waals surface area contributed by atoms with Gasteiger partial charge in [0, 0.05) is 25.0 Å². The smallest absolute Gasteiger partial charge is 0.419 e. The van der Waals surface area contributed by atoms with Crippen molar-refractivity contribution >= 4 is 6.09 Å². The summed E-state index contributed by atoms with van der Waals surface area (Å²) in [4.78, 5) is 21.3. The Balaban J connectivity index is 1.21. The van der Waals surface area contributed by atoms with Gasteiger partial charge in [0.1, 0.15) is 11.9 Å². The SMILES string of the molecule is C[C@@H](Cc1cn(C(=O)OC(C)(C)C)cn1)c1nc(CC23CC4CC(CC(C4)C2)C3)no1. The third kappa shape index (κ3) is 4.41. The van der Waals surface area contributed by atoms with Crippen LogP contribution in [0.15, 0.2) is 17.0 Å². The van der Waals surface area contributed by atoms with Crippen LogP contribution in [-0.4, -0.2) is 31.4 Å². The Kier molecular flexibility index (Phi) is 4.98. The van der Waals surface area contributed by atoms with Gasteiger partial charge in [0.05, 0.1) is 5.69 Å². The summed E-state index contributed by atoms with van der Waals surface area (Å²) in [5.74, 6) is 4.35. The fourth-order valence-corrected chi connectivity index (χ4v) is 6.67. The fourth-order valence-electron chi connectivity index (χ4n) is 6.67. The van der Waals surface area contributed by atoms with E-state index in [1.54, 1.807) is 6.20 Å². The molecule has 4 fully saturated rings. The maximum atomic E-state index is 12.2. The van der Waals surface area contributed by atoms with E-state index < -0.39 is 11.7 Å². The van der Waals surface area contributed by atoms with Crippen molar-refractivity contribution in [2.45, 2.75) is 90.6 Å². The van der Waals surface area contributed by atoms with Crippen LogP contribution in [0.25, 0.3) is 0 Å². The van der Waals surface area contributed by atoms with Crippen molar-refractivity contribution in [1.82, 2.24) is 19.7 Å². The zero-order valence-corrected chi connectivity index (χ0v) is 19.1. The summed E-state index contributed by atoms with van der Waals surface area (Å²) >= 11 is 0. The van der Waals surface area contributed by atoms with E-state index in [2.05, 4.69) is 17.1 Å². The van der Waals surface area contributed by atoms with Crippen LogP contribution in [0, 0.1) is 23.2 Å². The number of hydrogen-bond acceptors (Lipinski definition) is 6. The number of nitrogens with zero attached hydrogens (tertiary/aromatic N) is 4. The molecular formula is C24H34N4O3. The highest BCUT2D eigenvalue weighted by atomic mass is 16.6. The number of aromatic nitrogens is 4. The van der Waals surface area contributed by atoms with Gasteiger partial charge in [0.25, 0.3) is 0 Å². The van der Waals surface area contributed by atoms with Gasteiger partial charge < -0.3 is 9.26 Å². The zero-order valence-electron chi connectivity index (χ0n) is 19.1. The average molecular weight is 427 g/mol. The molecule has 2 aromatic rings. The lowest BCUT2D eigenvalue weighted by atomic mass is 9.49. The molecule has 31 heavy (non-hydrogen) atoms. The molecule has 4 saturated carbocycles. The third-order valence-corrected chi connectivity index (χ3v) is 7.36. The van der Waals surface area contributed by atoms with Crippen LogP contribution < -0.4 is 0 Å². The van der Waals surface area contributed by atoms with Gasteiger partial charge in [0.15, 0.2) is 5.82 Å². The second-order valence-electron chi connectivity index (χ2n) is 11.5. The molecule has 4 aliphatic carbocycles. The molecule has 168 valence electrons. The number of hydrogen-bond donors (Lipinski definition) is 0. The van der Waals surface area contributed by atoms with E-state index in [4.69, 9.17) is 14.2 Å². The van der Waals surface area contributed by atoms with Gasteiger partial charge in [-0.1, -0.05) is 12.1 Å². The van der Waals surface area contributed by atoms with Crippen molar-refractivity contribution in [3.8, 4) is 0 Å². The Morgan fingerprint density at radius 2 is 1.87 bits per heavy atom. The van der Waals surface area contributed by atoms with E-state index in [0.29, 0.717) is 17.7 Å². The normalized spacial score (nSPS) is 30.5. The van der Waals surface area contributed by atoms with Crippen molar-refractivity contribution in [3.05, 3.63) is 29.9 Å². The third-order valence-electron chi connectivity index (χ3n) is 7.36. The van der Waals surface area contributed by atoms with Crippen LogP contribution >= 0.6 is 0 Å². The molecule has 0 aromatic carbocycles. The summed E-state index contributed by atoms with van der Waals surface area (Å²) in [6, 6.07) is 0. The van der Waals surface area contributed by atoms with Crippen molar-refractivity contribution < 1.29 is 14.1 Å². The van der Waals surface area contributed by atoms with Gasteiger partial charge in [-0.05, 0) is 82.5 Å². The van der Waals surface area contributed by atoms with Gasteiger partial charge in [-0.2, -0.15) is 4.98 Å². The van der Waals surface area contributed by atoms with Crippen LogP contribution in [0.5, 0.6) is 0 Å². The number of carbonyl (C=O) groups excluding carboxylic acids is 1. The summed E-state index contributed by atoms with van der Waals surface area (Å²) in [5, 5.41) is 4.34. The van der Waals surface area contributed by atoms with Crippen LogP contribution in [0.2, 0.25) is 0 Å². The van der Waals surface area contributed by atoms with Gasteiger partial charge in [0.2, 0.25) is 5.89 Å². The second kappa shape index (κ2) is 7.45. The minimum atomic E-state index is -0.536. The molecule has 0 spiro atoms. The molecule has 6 rings (SSSR count). The molecule has 7 nitrogen and oxygen atoms in total. The van der Waals surface area contributed by atoms with Crippen molar-refractivity contribution in [1.29, 1.82) is 0 Å². The topological polar surface area (TPSA) is 83.0 Å². The first-order valence-corrected chi connectivity index (χ1v) is 11.8. The zero-order chi connectivity index (χ0) is 21.8. The van der Waals surface area contributed by atoms with Crippen LogP contribution in [-0.2, 0) is 17.6 Å². The minimum absolute atomic E-state index is 0.0413. The lowest BCUT2D eigenvalue weighted by Gasteiger charge is -2.56. The van der Waals surface area contributed by atoms with Crippen LogP contribution in [0.1, 0.15) is 89.5 Å². The first kappa shape index (κ1) is 20.7. The van der Waals surface area contributed by atoms with Gasteiger partial charge in [-0.25, -0.2) is 14.3 Å². The van der Waals surface area contributed by atoms with E-state index >= 15 is 0 Å². The molecule has 0 N–H and O–H groups in total. The molecule has 0 aliphatic heterocycles. The largest absolute Gasteiger partial charge is 0.443 e. The predicted octanol–water partition coefficient (Wildman–Crippen LogP) is 5.15. The Bertz CT molecular complexity index is 919. The monoisotopic (exact) mass is 426 g/mol. The van der Waals surface area contributed by atoms with Crippen molar-refractivity contribution in [2.24, 2.45) is 23.2 Å². The molecule has 4 bridgehead atoms. The van der Waals surface area contributed by atoms with E-state index in [0.717, 1.165) is 35.7 Å². The molecule has 4 aliphatic rings.